The molecule has 0 saturated carbocycles. The molecule has 0 bridgehead atoms. The van der Waals surface area contributed by atoms with Crippen LogP contribution in [0.5, 0.6) is 0 Å². The van der Waals surface area contributed by atoms with E-state index in [4.69, 9.17) is 12.2 Å². The molecule has 0 fully saturated rings. The van der Waals surface area contributed by atoms with Gasteiger partial charge < -0.3 is 9.80 Å². The van der Waals surface area contributed by atoms with Crippen molar-refractivity contribution in [3.8, 4) is 0 Å². The van der Waals surface area contributed by atoms with Gasteiger partial charge >= 0.3 is 0 Å². The van der Waals surface area contributed by atoms with Crippen molar-refractivity contribution in [2.75, 3.05) is 20.6 Å². The normalized spacial score (nSPS) is 12.0. The summed E-state index contributed by atoms with van der Waals surface area (Å²) in [5.41, 5.74) is 1.19. The molecule has 0 aliphatic carbocycles. The summed E-state index contributed by atoms with van der Waals surface area (Å²) >= 11 is 5.38. The number of carbonyl (C=O) groups excluding carboxylic acids is 1. The molecule has 2 aromatic carbocycles. The van der Waals surface area contributed by atoms with Crippen LogP contribution in [-0.4, -0.2) is 41.3 Å². The van der Waals surface area contributed by atoms with Crippen LogP contribution in [0.25, 0.3) is 10.8 Å². The van der Waals surface area contributed by atoms with E-state index in [2.05, 4.69) is 37.3 Å². The van der Waals surface area contributed by atoms with Crippen molar-refractivity contribution < 1.29 is 4.79 Å². The quantitative estimate of drug-likeness (QED) is 0.805. The van der Waals surface area contributed by atoms with Crippen LogP contribution in [-0.2, 0) is 4.79 Å². The topological polar surface area (TPSA) is 23.6 Å². The number of benzene rings is 2. The zero-order chi connectivity index (χ0) is 16.3. The number of rotatable bonds is 4. The zero-order valence-electron chi connectivity index (χ0n) is 13.5. The molecule has 0 heterocycles. The SMILES string of the molecule is CC(=S)N(CC(=O)N(C)C)[C@@H](C)c1cccc2ccccc12. The standard InChI is InChI=1S/C18H22N2OS/c1-13(20(14(2)22)12-18(21)19(3)4)16-11-7-9-15-8-5-6-10-17(15)16/h5-11,13H,12H2,1-4H3/t13-/m0/s1. The lowest BCUT2D eigenvalue weighted by atomic mass is 9.98. The number of hydrogen-bond acceptors (Lipinski definition) is 2. The van der Waals surface area contributed by atoms with Crippen LogP contribution in [0.3, 0.4) is 0 Å². The number of fused-ring (bicyclic) bond motifs is 1. The predicted molar refractivity (Wildman–Crippen MR) is 96.0 cm³/mol. The Labute approximate surface area is 137 Å². The van der Waals surface area contributed by atoms with E-state index in [0.29, 0.717) is 6.54 Å². The van der Waals surface area contributed by atoms with Crippen molar-refractivity contribution in [1.29, 1.82) is 0 Å². The van der Waals surface area contributed by atoms with Gasteiger partial charge in [-0.25, -0.2) is 0 Å². The van der Waals surface area contributed by atoms with Gasteiger partial charge in [0.2, 0.25) is 5.91 Å². The third-order valence-electron chi connectivity index (χ3n) is 3.95. The first-order valence-corrected chi connectivity index (χ1v) is 7.77. The molecule has 22 heavy (non-hydrogen) atoms. The summed E-state index contributed by atoms with van der Waals surface area (Å²) in [5.74, 6) is 0.0521. The smallest absolute Gasteiger partial charge is 0.241 e. The van der Waals surface area contributed by atoms with Gasteiger partial charge in [-0.2, -0.15) is 0 Å². The van der Waals surface area contributed by atoms with Gasteiger partial charge in [-0.05, 0) is 30.2 Å². The first-order chi connectivity index (χ1) is 10.4. The average molecular weight is 314 g/mol. The van der Waals surface area contributed by atoms with Gasteiger partial charge in [-0.15, -0.1) is 0 Å². The Morgan fingerprint density at radius 1 is 1.14 bits per heavy atom. The molecular formula is C18H22N2OS. The first-order valence-electron chi connectivity index (χ1n) is 7.37. The van der Waals surface area contributed by atoms with Gasteiger partial charge in [-0.1, -0.05) is 54.7 Å². The second-order valence-corrected chi connectivity index (χ2v) is 6.27. The molecule has 0 N–H and O–H groups in total. The monoisotopic (exact) mass is 314 g/mol. The minimum absolute atomic E-state index is 0.0486. The molecule has 0 aromatic heterocycles. The Morgan fingerprint density at radius 2 is 1.77 bits per heavy atom. The van der Waals surface area contributed by atoms with Gasteiger partial charge in [0.25, 0.3) is 0 Å². The molecule has 3 nitrogen and oxygen atoms in total. The molecule has 0 unspecified atom stereocenters. The molecule has 0 aliphatic rings. The molecule has 0 saturated heterocycles. The van der Waals surface area contributed by atoms with Crippen LogP contribution in [0.4, 0.5) is 0 Å². The summed E-state index contributed by atoms with van der Waals surface area (Å²) < 4.78 is 0. The summed E-state index contributed by atoms with van der Waals surface area (Å²) in [6.07, 6.45) is 0. The Bertz CT molecular complexity index is 691. The van der Waals surface area contributed by atoms with Crippen molar-refractivity contribution in [2.24, 2.45) is 0 Å². The van der Waals surface area contributed by atoms with E-state index >= 15 is 0 Å². The van der Waals surface area contributed by atoms with E-state index < -0.39 is 0 Å². The van der Waals surface area contributed by atoms with Gasteiger partial charge in [0, 0.05) is 14.1 Å². The number of nitrogens with zero attached hydrogens (tertiary/aromatic N) is 2. The minimum Gasteiger partial charge on any atom is -0.350 e. The van der Waals surface area contributed by atoms with Crippen molar-refractivity contribution in [1.82, 2.24) is 9.80 Å². The fourth-order valence-corrected chi connectivity index (χ4v) is 2.81. The third-order valence-corrected chi connectivity index (χ3v) is 4.18. The maximum absolute atomic E-state index is 12.1. The summed E-state index contributed by atoms with van der Waals surface area (Å²) in [4.78, 5) is 16.4. The van der Waals surface area contributed by atoms with E-state index in [9.17, 15) is 4.79 Å². The summed E-state index contributed by atoms with van der Waals surface area (Å²) in [6, 6.07) is 14.6. The van der Waals surface area contributed by atoms with Crippen LogP contribution in [0.1, 0.15) is 25.5 Å². The summed E-state index contributed by atoms with van der Waals surface area (Å²) in [7, 11) is 3.53. The Balaban J connectivity index is 2.39. The predicted octanol–water partition coefficient (Wildman–Crippen LogP) is 3.64. The second-order valence-electron chi connectivity index (χ2n) is 5.68. The maximum atomic E-state index is 12.1. The van der Waals surface area contributed by atoms with Gasteiger partial charge in [0.15, 0.2) is 0 Å². The molecule has 0 radical (unpaired) electrons. The van der Waals surface area contributed by atoms with E-state index in [1.54, 1.807) is 19.0 Å². The zero-order valence-corrected chi connectivity index (χ0v) is 14.4. The van der Waals surface area contributed by atoms with Gasteiger partial charge in [0.05, 0.1) is 17.6 Å². The lowest BCUT2D eigenvalue weighted by Gasteiger charge is -2.31. The van der Waals surface area contributed by atoms with Crippen molar-refractivity contribution in [3.63, 3.8) is 0 Å². The molecule has 2 rings (SSSR count). The highest BCUT2D eigenvalue weighted by Gasteiger charge is 2.21. The minimum atomic E-state index is 0.0486. The van der Waals surface area contributed by atoms with Gasteiger partial charge in [0.1, 0.15) is 0 Å². The molecule has 0 spiro atoms. The highest BCUT2D eigenvalue weighted by molar-refractivity contribution is 7.80. The van der Waals surface area contributed by atoms with Gasteiger partial charge in [-0.3, -0.25) is 4.79 Å². The highest BCUT2D eigenvalue weighted by atomic mass is 32.1. The molecule has 1 amide bonds. The molecule has 4 heteroatoms. The molecule has 2 aromatic rings. The molecule has 116 valence electrons. The van der Waals surface area contributed by atoms with Crippen LogP contribution in [0.15, 0.2) is 42.5 Å². The van der Waals surface area contributed by atoms with Crippen molar-refractivity contribution >= 4 is 33.9 Å². The molecular weight excluding hydrogens is 292 g/mol. The Hall–Kier alpha value is -1.94. The highest BCUT2D eigenvalue weighted by Crippen LogP contribution is 2.28. The number of thiocarbonyl (C=S) groups is 1. The lowest BCUT2D eigenvalue weighted by Crippen LogP contribution is -2.40. The Morgan fingerprint density at radius 3 is 2.41 bits per heavy atom. The van der Waals surface area contributed by atoms with Crippen molar-refractivity contribution in [2.45, 2.75) is 19.9 Å². The van der Waals surface area contributed by atoms with E-state index in [0.717, 1.165) is 4.99 Å². The van der Waals surface area contributed by atoms with Crippen LogP contribution in [0, 0.1) is 0 Å². The van der Waals surface area contributed by atoms with Crippen LogP contribution < -0.4 is 0 Å². The van der Waals surface area contributed by atoms with E-state index in [-0.39, 0.29) is 11.9 Å². The Kier molecular flexibility index (Phi) is 5.14. The first kappa shape index (κ1) is 16.4. The second kappa shape index (κ2) is 6.88. The lowest BCUT2D eigenvalue weighted by molar-refractivity contribution is -0.129. The average Bonchev–Trinajstić information content (AvgIpc) is 2.50. The fraction of sp³-hybridized carbons (Fsp3) is 0.333. The third kappa shape index (κ3) is 3.45. The van der Waals surface area contributed by atoms with Crippen molar-refractivity contribution in [3.05, 3.63) is 48.0 Å². The number of amides is 1. The number of carbonyl (C=O) groups is 1. The van der Waals surface area contributed by atoms with Crippen LogP contribution >= 0.6 is 12.2 Å². The molecule has 1 atom stereocenters. The largest absolute Gasteiger partial charge is 0.350 e. The number of likely N-dealkylation sites (N-methyl/N-ethyl adjacent to an activating group) is 1. The molecule has 0 aliphatic heterocycles. The van der Waals surface area contributed by atoms with E-state index in [1.165, 1.54) is 16.3 Å². The maximum Gasteiger partial charge on any atom is 0.241 e. The summed E-state index contributed by atoms with van der Waals surface area (Å²) in [5, 5.41) is 2.41. The van der Waals surface area contributed by atoms with Crippen LogP contribution in [0.2, 0.25) is 0 Å². The summed E-state index contributed by atoms with van der Waals surface area (Å²) in [6.45, 7) is 4.27. The fourth-order valence-electron chi connectivity index (χ4n) is 2.59. The van der Waals surface area contributed by atoms with E-state index in [1.807, 2.05) is 24.0 Å². The number of hydrogen-bond donors (Lipinski definition) is 0.